The zero-order valence-corrected chi connectivity index (χ0v) is 15.2. The summed E-state index contributed by atoms with van der Waals surface area (Å²) in [5.74, 6) is -0.396. The largest absolute Gasteiger partial charge is 0.462 e. The van der Waals surface area contributed by atoms with E-state index in [0.29, 0.717) is 22.9 Å². The van der Waals surface area contributed by atoms with Crippen LogP contribution in [-0.2, 0) is 4.74 Å². The van der Waals surface area contributed by atoms with Gasteiger partial charge in [0.1, 0.15) is 5.56 Å². The number of carbonyl (C=O) groups excluding carboxylic acids is 1. The Kier molecular flexibility index (Phi) is 5.02. The number of aromatic nitrogens is 2. The maximum Gasteiger partial charge on any atom is 0.342 e. The van der Waals surface area contributed by atoms with Crippen molar-refractivity contribution in [2.75, 3.05) is 6.61 Å². The highest BCUT2D eigenvalue weighted by Gasteiger charge is 2.21. The first-order valence-electron chi connectivity index (χ1n) is 7.37. The molecule has 4 nitrogen and oxygen atoms in total. The Bertz CT molecular complexity index is 875. The second-order valence-corrected chi connectivity index (χ2v) is 6.38. The van der Waals surface area contributed by atoms with Crippen LogP contribution >= 0.6 is 27.5 Å². The number of hydrogen-bond acceptors (Lipinski definition) is 3. The number of carbonyl (C=O) groups is 1. The van der Waals surface area contributed by atoms with Gasteiger partial charge in [0.15, 0.2) is 0 Å². The van der Waals surface area contributed by atoms with Crippen molar-refractivity contribution in [3.8, 4) is 16.9 Å². The summed E-state index contributed by atoms with van der Waals surface area (Å²) in [6.07, 6.45) is 1.53. The van der Waals surface area contributed by atoms with Crippen molar-refractivity contribution >= 4 is 33.5 Å². The molecule has 2 aromatic carbocycles. The van der Waals surface area contributed by atoms with Crippen LogP contribution in [0.25, 0.3) is 16.9 Å². The summed E-state index contributed by atoms with van der Waals surface area (Å²) in [5.41, 5.74) is 2.77. The number of rotatable bonds is 4. The zero-order valence-electron chi connectivity index (χ0n) is 12.9. The molecule has 0 amide bonds. The second kappa shape index (κ2) is 7.20. The van der Waals surface area contributed by atoms with Crippen molar-refractivity contribution in [2.24, 2.45) is 0 Å². The molecular formula is C18H14BrClN2O2. The minimum Gasteiger partial charge on any atom is -0.462 e. The Hall–Kier alpha value is -2.11. The van der Waals surface area contributed by atoms with Crippen molar-refractivity contribution in [1.29, 1.82) is 0 Å². The van der Waals surface area contributed by atoms with Crippen LogP contribution in [-0.4, -0.2) is 22.4 Å². The number of benzene rings is 2. The highest BCUT2D eigenvalue weighted by molar-refractivity contribution is 9.10. The summed E-state index contributed by atoms with van der Waals surface area (Å²) >= 11 is 9.43. The van der Waals surface area contributed by atoms with E-state index < -0.39 is 5.97 Å². The maximum absolute atomic E-state index is 12.3. The van der Waals surface area contributed by atoms with Crippen LogP contribution in [0, 0.1) is 0 Å². The molecule has 0 aliphatic carbocycles. The monoisotopic (exact) mass is 404 g/mol. The molecule has 0 unspecified atom stereocenters. The summed E-state index contributed by atoms with van der Waals surface area (Å²) in [4.78, 5) is 12.3. The van der Waals surface area contributed by atoms with Crippen LogP contribution in [0.2, 0.25) is 5.02 Å². The predicted octanol–water partition coefficient (Wildman–Crippen LogP) is 5.13. The van der Waals surface area contributed by atoms with E-state index in [1.165, 1.54) is 6.20 Å². The predicted molar refractivity (Wildman–Crippen MR) is 97.7 cm³/mol. The fraction of sp³-hybridized carbons (Fsp3) is 0.111. The number of hydrogen-bond donors (Lipinski definition) is 0. The van der Waals surface area contributed by atoms with Gasteiger partial charge in [0.2, 0.25) is 0 Å². The van der Waals surface area contributed by atoms with Crippen LogP contribution in [0.3, 0.4) is 0 Å². The maximum atomic E-state index is 12.3. The zero-order chi connectivity index (χ0) is 17.1. The third kappa shape index (κ3) is 3.37. The van der Waals surface area contributed by atoms with Crippen LogP contribution in [0.4, 0.5) is 0 Å². The summed E-state index contributed by atoms with van der Waals surface area (Å²) in [6, 6.07) is 15.0. The van der Waals surface area contributed by atoms with Gasteiger partial charge in [0.25, 0.3) is 0 Å². The average Bonchev–Trinajstić information content (AvgIpc) is 3.01. The molecule has 0 saturated heterocycles. The fourth-order valence-electron chi connectivity index (χ4n) is 2.40. The standard InChI is InChI=1S/C18H14BrClN2O2/c1-2-24-18(23)16-11-21-22(15-8-6-14(20)7-9-15)17(16)12-4-3-5-13(19)10-12/h3-11H,2H2,1H3. The summed E-state index contributed by atoms with van der Waals surface area (Å²) in [7, 11) is 0. The lowest BCUT2D eigenvalue weighted by atomic mass is 10.1. The number of nitrogens with zero attached hydrogens (tertiary/aromatic N) is 2. The lowest BCUT2D eigenvalue weighted by Gasteiger charge is -2.10. The van der Waals surface area contributed by atoms with E-state index in [2.05, 4.69) is 21.0 Å². The number of halogens is 2. The minimum atomic E-state index is -0.396. The summed E-state index contributed by atoms with van der Waals surface area (Å²) in [6.45, 7) is 2.09. The molecule has 6 heteroatoms. The number of ether oxygens (including phenoxy) is 1. The first-order chi connectivity index (χ1) is 11.6. The normalized spacial score (nSPS) is 10.6. The molecule has 3 aromatic rings. The van der Waals surface area contributed by atoms with Crippen molar-refractivity contribution in [1.82, 2.24) is 9.78 Å². The van der Waals surface area contributed by atoms with Gasteiger partial charge in [-0.1, -0.05) is 39.7 Å². The van der Waals surface area contributed by atoms with Crippen LogP contribution in [0.1, 0.15) is 17.3 Å². The Morgan fingerprint density at radius 3 is 2.67 bits per heavy atom. The lowest BCUT2D eigenvalue weighted by molar-refractivity contribution is 0.0527. The molecule has 0 atom stereocenters. The first-order valence-corrected chi connectivity index (χ1v) is 8.54. The molecule has 3 rings (SSSR count). The molecule has 1 heterocycles. The molecule has 0 aliphatic heterocycles. The molecule has 0 spiro atoms. The van der Waals surface area contributed by atoms with Crippen LogP contribution < -0.4 is 0 Å². The van der Waals surface area contributed by atoms with Crippen molar-refractivity contribution in [3.05, 3.63) is 69.8 Å². The smallest absolute Gasteiger partial charge is 0.342 e. The van der Waals surface area contributed by atoms with E-state index in [0.717, 1.165) is 15.7 Å². The Morgan fingerprint density at radius 2 is 2.00 bits per heavy atom. The highest BCUT2D eigenvalue weighted by atomic mass is 79.9. The van der Waals surface area contributed by atoms with Gasteiger partial charge < -0.3 is 4.74 Å². The second-order valence-electron chi connectivity index (χ2n) is 5.03. The Balaban J connectivity index is 2.19. The molecular weight excluding hydrogens is 392 g/mol. The van der Waals surface area contributed by atoms with Crippen molar-refractivity contribution in [3.63, 3.8) is 0 Å². The van der Waals surface area contributed by atoms with E-state index in [-0.39, 0.29) is 0 Å². The first kappa shape index (κ1) is 16.7. The van der Waals surface area contributed by atoms with Gasteiger partial charge in [-0.2, -0.15) is 5.10 Å². The van der Waals surface area contributed by atoms with Crippen LogP contribution in [0.15, 0.2) is 59.2 Å². The average molecular weight is 406 g/mol. The molecule has 0 N–H and O–H groups in total. The molecule has 122 valence electrons. The third-order valence-electron chi connectivity index (χ3n) is 3.43. The summed E-state index contributed by atoms with van der Waals surface area (Å²) in [5, 5.41) is 5.02. The van der Waals surface area contributed by atoms with E-state index in [4.69, 9.17) is 16.3 Å². The minimum absolute atomic E-state index is 0.308. The quantitative estimate of drug-likeness (QED) is 0.565. The molecule has 0 aliphatic rings. The van der Waals surface area contributed by atoms with E-state index >= 15 is 0 Å². The van der Waals surface area contributed by atoms with E-state index in [9.17, 15) is 4.79 Å². The SMILES string of the molecule is CCOC(=O)c1cnn(-c2ccc(Cl)cc2)c1-c1cccc(Br)c1. The van der Waals surface area contributed by atoms with Gasteiger partial charge in [-0.3, -0.25) is 0 Å². The van der Waals surface area contributed by atoms with Crippen LogP contribution in [0.5, 0.6) is 0 Å². The van der Waals surface area contributed by atoms with Gasteiger partial charge in [-0.25, -0.2) is 9.48 Å². The Morgan fingerprint density at radius 1 is 1.25 bits per heavy atom. The van der Waals surface area contributed by atoms with Crippen molar-refractivity contribution < 1.29 is 9.53 Å². The van der Waals surface area contributed by atoms with Gasteiger partial charge in [-0.05, 0) is 43.3 Å². The molecule has 0 fully saturated rings. The fourth-order valence-corrected chi connectivity index (χ4v) is 2.92. The van der Waals surface area contributed by atoms with Gasteiger partial charge in [0.05, 0.1) is 24.2 Å². The Labute approximate surface area is 153 Å². The van der Waals surface area contributed by atoms with Gasteiger partial charge in [0, 0.05) is 15.1 Å². The third-order valence-corrected chi connectivity index (χ3v) is 4.18. The van der Waals surface area contributed by atoms with Crippen molar-refractivity contribution in [2.45, 2.75) is 6.92 Å². The summed E-state index contributed by atoms with van der Waals surface area (Å²) < 4.78 is 7.79. The number of esters is 1. The molecule has 1 aromatic heterocycles. The topological polar surface area (TPSA) is 44.1 Å². The molecule has 0 saturated carbocycles. The van der Waals surface area contributed by atoms with E-state index in [1.807, 2.05) is 36.4 Å². The molecule has 0 bridgehead atoms. The van der Waals surface area contributed by atoms with Gasteiger partial charge in [-0.15, -0.1) is 0 Å². The van der Waals surface area contributed by atoms with E-state index in [1.54, 1.807) is 23.7 Å². The lowest BCUT2D eigenvalue weighted by Crippen LogP contribution is -2.07. The highest BCUT2D eigenvalue weighted by Crippen LogP contribution is 2.29. The van der Waals surface area contributed by atoms with Gasteiger partial charge >= 0.3 is 5.97 Å². The molecule has 0 radical (unpaired) electrons. The molecule has 24 heavy (non-hydrogen) atoms.